The van der Waals surface area contributed by atoms with E-state index in [1.54, 1.807) is 0 Å². The maximum atomic E-state index is 13.1. The Hall–Kier alpha value is -1.53. The minimum Gasteiger partial charge on any atom is -0.364 e. The number of hydrogen-bond acceptors (Lipinski definition) is 3. The Labute approximate surface area is 110 Å². The fraction of sp³-hybridized carbons (Fsp3) is 0.750. The number of nitrogens with two attached hydrogens (primary N) is 1. The van der Waals surface area contributed by atoms with E-state index >= 15 is 0 Å². The summed E-state index contributed by atoms with van der Waals surface area (Å²) in [6, 6.07) is 0. The molecule has 1 saturated carbocycles. The fourth-order valence-corrected chi connectivity index (χ4v) is 2.43. The molecule has 1 heterocycles. The summed E-state index contributed by atoms with van der Waals surface area (Å²) in [7, 11) is 0. The number of primary amides is 1. The van der Waals surface area contributed by atoms with Crippen molar-refractivity contribution in [2.24, 2.45) is 11.7 Å². The average molecular weight is 272 g/mol. The summed E-state index contributed by atoms with van der Waals surface area (Å²) in [5.74, 6) is -3.03. The summed E-state index contributed by atoms with van der Waals surface area (Å²) in [5, 5.41) is 8.20. The number of aromatic nitrogens is 3. The van der Waals surface area contributed by atoms with Crippen LogP contribution in [-0.2, 0) is 13.0 Å². The van der Waals surface area contributed by atoms with Crippen LogP contribution in [0.2, 0.25) is 0 Å². The number of hydrogen-bond donors (Lipinski definition) is 1. The molecular formula is C12H18F2N4O. The van der Waals surface area contributed by atoms with Crippen LogP contribution < -0.4 is 5.73 Å². The quantitative estimate of drug-likeness (QED) is 0.907. The largest absolute Gasteiger partial charge is 0.364 e. The van der Waals surface area contributed by atoms with E-state index in [-0.39, 0.29) is 24.5 Å². The van der Waals surface area contributed by atoms with Crippen molar-refractivity contribution >= 4 is 5.91 Å². The first-order chi connectivity index (χ1) is 8.91. The van der Waals surface area contributed by atoms with Crippen molar-refractivity contribution in [3.63, 3.8) is 0 Å². The number of halogens is 2. The van der Waals surface area contributed by atoms with Crippen LogP contribution in [-0.4, -0.2) is 26.8 Å². The Morgan fingerprint density at radius 2 is 2.05 bits per heavy atom. The lowest BCUT2D eigenvalue weighted by Crippen LogP contribution is -2.26. The molecular weight excluding hydrogens is 254 g/mol. The molecule has 0 saturated heterocycles. The first-order valence-electron chi connectivity index (χ1n) is 6.53. The number of alkyl halides is 2. The Bertz CT molecular complexity index is 462. The predicted molar refractivity (Wildman–Crippen MR) is 64.8 cm³/mol. The second-order valence-electron chi connectivity index (χ2n) is 5.05. The van der Waals surface area contributed by atoms with E-state index in [2.05, 4.69) is 10.2 Å². The van der Waals surface area contributed by atoms with E-state index in [9.17, 15) is 13.6 Å². The van der Waals surface area contributed by atoms with E-state index in [1.165, 1.54) is 4.80 Å². The van der Waals surface area contributed by atoms with Crippen molar-refractivity contribution in [3.05, 3.63) is 11.4 Å². The molecule has 19 heavy (non-hydrogen) atoms. The number of rotatable bonds is 4. The Balaban J connectivity index is 2.07. The summed E-state index contributed by atoms with van der Waals surface area (Å²) in [6.45, 7) is 2.40. The molecule has 1 aromatic rings. The van der Waals surface area contributed by atoms with Gasteiger partial charge < -0.3 is 5.73 Å². The van der Waals surface area contributed by atoms with Gasteiger partial charge in [-0.2, -0.15) is 9.90 Å². The standard InChI is InChI=1S/C12H18F2N4O/c1-2-18-16-9(10(17-18)11(15)19)7-8-3-5-12(13,14)6-4-8/h8H,2-7H2,1H3,(H2,15,19). The molecule has 1 aliphatic rings. The number of aryl methyl sites for hydroxylation is 1. The molecule has 1 amide bonds. The SMILES string of the molecule is CCn1nc(CC2CCC(F)(F)CC2)c(C(N)=O)n1. The first kappa shape index (κ1) is 13.9. The van der Waals surface area contributed by atoms with Crippen molar-refractivity contribution in [2.45, 2.75) is 51.5 Å². The summed E-state index contributed by atoms with van der Waals surface area (Å²) in [4.78, 5) is 12.7. The second kappa shape index (κ2) is 5.22. The van der Waals surface area contributed by atoms with Gasteiger partial charge in [0.2, 0.25) is 5.92 Å². The maximum absolute atomic E-state index is 13.1. The Morgan fingerprint density at radius 3 is 2.58 bits per heavy atom. The fourth-order valence-electron chi connectivity index (χ4n) is 2.43. The van der Waals surface area contributed by atoms with Crippen LogP contribution in [0.1, 0.15) is 48.8 Å². The van der Waals surface area contributed by atoms with Gasteiger partial charge in [0, 0.05) is 12.8 Å². The van der Waals surface area contributed by atoms with Crippen LogP contribution in [0.5, 0.6) is 0 Å². The van der Waals surface area contributed by atoms with E-state index < -0.39 is 11.8 Å². The van der Waals surface area contributed by atoms with Crippen LogP contribution >= 0.6 is 0 Å². The summed E-state index contributed by atoms with van der Waals surface area (Å²) >= 11 is 0. The molecule has 0 radical (unpaired) electrons. The van der Waals surface area contributed by atoms with E-state index in [0.717, 1.165) is 0 Å². The molecule has 1 aromatic heterocycles. The molecule has 0 aromatic carbocycles. The Morgan fingerprint density at radius 1 is 1.42 bits per heavy atom. The highest BCUT2D eigenvalue weighted by Crippen LogP contribution is 2.37. The summed E-state index contributed by atoms with van der Waals surface area (Å²) in [6.07, 6.45) is 1.21. The number of amides is 1. The van der Waals surface area contributed by atoms with Crippen molar-refractivity contribution in [3.8, 4) is 0 Å². The second-order valence-corrected chi connectivity index (χ2v) is 5.05. The molecule has 5 nitrogen and oxygen atoms in total. The highest BCUT2D eigenvalue weighted by Gasteiger charge is 2.35. The average Bonchev–Trinajstić information content (AvgIpc) is 2.75. The van der Waals surface area contributed by atoms with Gasteiger partial charge in [0.15, 0.2) is 5.69 Å². The van der Waals surface area contributed by atoms with Gasteiger partial charge in [0.25, 0.3) is 5.91 Å². The van der Waals surface area contributed by atoms with Crippen LogP contribution in [0.3, 0.4) is 0 Å². The maximum Gasteiger partial charge on any atom is 0.271 e. The summed E-state index contributed by atoms with van der Waals surface area (Å²) in [5.41, 5.74) is 5.95. The zero-order chi connectivity index (χ0) is 14.0. The number of carbonyl (C=O) groups is 1. The molecule has 0 aliphatic heterocycles. The van der Waals surface area contributed by atoms with Gasteiger partial charge in [-0.15, -0.1) is 5.10 Å². The number of carbonyl (C=O) groups excluding carboxylic acids is 1. The van der Waals surface area contributed by atoms with E-state index in [0.29, 0.717) is 31.5 Å². The van der Waals surface area contributed by atoms with Gasteiger partial charge in [-0.25, -0.2) is 8.78 Å². The predicted octanol–water partition coefficient (Wildman–Crippen LogP) is 1.76. The van der Waals surface area contributed by atoms with Crippen LogP contribution in [0.25, 0.3) is 0 Å². The van der Waals surface area contributed by atoms with Crippen LogP contribution in [0.4, 0.5) is 8.78 Å². The smallest absolute Gasteiger partial charge is 0.271 e. The molecule has 2 N–H and O–H groups in total. The molecule has 0 unspecified atom stereocenters. The third kappa shape index (κ3) is 3.27. The zero-order valence-corrected chi connectivity index (χ0v) is 10.9. The monoisotopic (exact) mass is 272 g/mol. The van der Waals surface area contributed by atoms with E-state index in [1.807, 2.05) is 6.92 Å². The highest BCUT2D eigenvalue weighted by molar-refractivity contribution is 5.91. The highest BCUT2D eigenvalue weighted by atomic mass is 19.3. The molecule has 2 rings (SSSR count). The minimum atomic E-state index is -2.54. The molecule has 0 atom stereocenters. The topological polar surface area (TPSA) is 73.8 Å². The molecule has 106 valence electrons. The minimum absolute atomic E-state index is 0.0918. The lowest BCUT2D eigenvalue weighted by atomic mass is 9.84. The lowest BCUT2D eigenvalue weighted by Gasteiger charge is -2.27. The van der Waals surface area contributed by atoms with Gasteiger partial charge in [0.1, 0.15) is 0 Å². The van der Waals surface area contributed by atoms with Crippen molar-refractivity contribution in [1.82, 2.24) is 15.0 Å². The molecule has 0 spiro atoms. The van der Waals surface area contributed by atoms with Crippen molar-refractivity contribution in [1.29, 1.82) is 0 Å². The normalized spacial score (nSPS) is 19.5. The molecule has 7 heteroatoms. The first-order valence-corrected chi connectivity index (χ1v) is 6.53. The van der Waals surface area contributed by atoms with Gasteiger partial charge in [-0.3, -0.25) is 4.79 Å². The molecule has 0 bridgehead atoms. The van der Waals surface area contributed by atoms with Crippen molar-refractivity contribution < 1.29 is 13.6 Å². The molecule has 1 fully saturated rings. The van der Waals surface area contributed by atoms with Gasteiger partial charge >= 0.3 is 0 Å². The van der Waals surface area contributed by atoms with Gasteiger partial charge in [0.05, 0.1) is 12.2 Å². The van der Waals surface area contributed by atoms with E-state index in [4.69, 9.17) is 5.73 Å². The summed E-state index contributed by atoms with van der Waals surface area (Å²) < 4.78 is 26.2. The van der Waals surface area contributed by atoms with Gasteiger partial charge in [-0.1, -0.05) is 0 Å². The molecule has 1 aliphatic carbocycles. The lowest BCUT2D eigenvalue weighted by molar-refractivity contribution is -0.0457. The third-order valence-corrected chi connectivity index (χ3v) is 3.56. The van der Waals surface area contributed by atoms with Crippen molar-refractivity contribution in [2.75, 3.05) is 0 Å². The zero-order valence-electron chi connectivity index (χ0n) is 10.9. The van der Waals surface area contributed by atoms with Gasteiger partial charge in [-0.05, 0) is 32.1 Å². The third-order valence-electron chi connectivity index (χ3n) is 3.56. The number of nitrogens with zero attached hydrogens (tertiary/aromatic N) is 3. The van der Waals surface area contributed by atoms with Crippen LogP contribution in [0.15, 0.2) is 0 Å². The van der Waals surface area contributed by atoms with Crippen LogP contribution in [0, 0.1) is 5.92 Å². The Kier molecular flexibility index (Phi) is 3.82.